The van der Waals surface area contributed by atoms with E-state index < -0.39 is 8.32 Å². The number of methoxy groups -OCH3 is 3. The van der Waals surface area contributed by atoms with E-state index in [0.717, 1.165) is 40.0 Å². The topological polar surface area (TPSA) is 36.9 Å². The molecule has 0 fully saturated rings. The van der Waals surface area contributed by atoms with Crippen molar-refractivity contribution < 1.29 is 18.6 Å². The number of hydrogen-bond donors (Lipinski definition) is 0. The van der Waals surface area contributed by atoms with Gasteiger partial charge in [0.25, 0.3) is 0 Å². The van der Waals surface area contributed by atoms with Gasteiger partial charge in [0.05, 0.1) is 26.7 Å². The molecule has 0 aromatic heterocycles. The highest BCUT2D eigenvalue weighted by Gasteiger charge is 2.38. The Morgan fingerprint density at radius 3 is 2.11 bits per heavy atom. The molecule has 0 saturated heterocycles. The van der Waals surface area contributed by atoms with Gasteiger partial charge in [0.15, 0.2) is 8.32 Å². The van der Waals surface area contributed by atoms with Crippen molar-refractivity contribution in [2.24, 2.45) is 0 Å². The van der Waals surface area contributed by atoms with E-state index in [1.54, 1.807) is 21.3 Å². The maximum Gasteiger partial charge on any atom is 0.192 e. The van der Waals surface area contributed by atoms with Gasteiger partial charge in [-0.1, -0.05) is 32.9 Å². The van der Waals surface area contributed by atoms with Crippen LogP contribution in [0.1, 0.15) is 33.3 Å². The average molecular weight is 391 g/mol. The Hall–Kier alpha value is -1.72. The molecule has 0 saturated carbocycles. The van der Waals surface area contributed by atoms with Crippen molar-refractivity contribution in [3.05, 3.63) is 29.8 Å². The Morgan fingerprint density at radius 1 is 0.963 bits per heavy atom. The van der Waals surface area contributed by atoms with E-state index in [0.29, 0.717) is 0 Å². The van der Waals surface area contributed by atoms with Crippen molar-refractivity contribution >= 4 is 19.1 Å². The van der Waals surface area contributed by atoms with E-state index in [2.05, 4.69) is 46.9 Å². The predicted octanol–water partition coefficient (Wildman–Crippen LogP) is 5.82. The fourth-order valence-electron chi connectivity index (χ4n) is 3.20. The van der Waals surface area contributed by atoms with E-state index in [1.807, 2.05) is 18.2 Å². The van der Waals surface area contributed by atoms with E-state index in [9.17, 15) is 0 Å². The standard InChI is InChI=1S/C22H34O4Si/c1-15(26-27(8,9)22(2,3)4)13-16-14-19(24-6)20-17(21(16)25-7)11-10-12-18(20)23-5/h10-12,14-15H,13H2,1-9H3/t15-/m0/s1. The first-order chi connectivity index (χ1) is 12.6. The molecule has 2 rings (SSSR count). The highest BCUT2D eigenvalue weighted by molar-refractivity contribution is 6.74. The van der Waals surface area contributed by atoms with Crippen molar-refractivity contribution in [1.82, 2.24) is 0 Å². The summed E-state index contributed by atoms with van der Waals surface area (Å²) in [5.74, 6) is 2.42. The molecule has 4 nitrogen and oxygen atoms in total. The summed E-state index contributed by atoms with van der Waals surface area (Å²) < 4.78 is 23.6. The van der Waals surface area contributed by atoms with E-state index in [4.69, 9.17) is 18.6 Å². The molecule has 0 aliphatic heterocycles. The molecule has 0 amide bonds. The summed E-state index contributed by atoms with van der Waals surface area (Å²) in [5.41, 5.74) is 1.08. The van der Waals surface area contributed by atoms with Gasteiger partial charge in [0, 0.05) is 23.5 Å². The highest BCUT2D eigenvalue weighted by Crippen LogP contribution is 2.43. The molecule has 2 aromatic rings. The maximum absolute atomic E-state index is 6.55. The lowest BCUT2D eigenvalue weighted by Gasteiger charge is -2.38. The quantitative estimate of drug-likeness (QED) is 0.558. The molecule has 0 spiro atoms. The van der Waals surface area contributed by atoms with Gasteiger partial charge in [0.1, 0.15) is 17.2 Å². The summed E-state index contributed by atoms with van der Waals surface area (Å²) >= 11 is 0. The fourth-order valence-corrected chi connectivity index (χ4v) is 4.64. The van der Waals surface area contributed by atoms with Crippen molar-refractivity contribution in [1.29, 1.82) is 0 Å². The number of fused-ring (bicyclic) bond motifs is 1. The van der Waals surface area contributed by atoms with Gasteiger partial charge >= 0.3 is 0 Å². The normalized spacial score (nSPS) is 13.5. The molecule has 0 heterocycles. The minimum Gasteiger partial charge on any atom is -0.496 e. The van der Waals surface area contributed by atoms with E-state index in [1.165, 1.54) is 0 Å². The summed E-state index contributed by atoms with van der Waals surface area (Å²) in [6.07, 6.45) is 0.853. The summed E-state index contributed by atoms with van der Waals surface area (Å²) in [6.45, 7) is 13.5. The Balaban J connectivity index is 2.47. The van der Waals surface area contributed by atoms with Gasteiger partial charge in [-0.3, -0.25) is 0 Å². The van der Waals surface area contributed by atoms with Crippen LogP contribution in [0.15, 0.2) is 24.3 Å². The van der Waals surface area contributed by atoms with Crippen LogP contribution in [0.3, 0.4) is 0 Å². The van der Waals surface area contributed by atoms with Gasteiger partial charge in [-0.15, -0.1) is 0 Å². The Labute approximate surface area is 164 Å². The molecule has 0 aliphatic rings. The second-order valence-corrected chi connectivity index (χ2v) is 13.3. The Bertz CT molecular complexity index is 793. The minimum atomic E-state index is -1.83. The Kier molecular flexibility index (Phi) is 6.48. The molecule has 0 aliphatic carbocycles. The third-order valence-corrected chi connectivity index (χ3v) is 10.2. The molecule has 0 bridgehead atoms. The first-order valence-electron chi connectivity index (χ1n) is 9.44. The van der Waals surface area contributed by atoms with Crippen molar-refractivity contribution in [2.45, 2.75) is 58.4 Å². The van der Waals surface area contributed by atoms with E-state index >= 15 is 0 Å². The number of rotatable bonds is 7. The van der Waals surface area contributed by atoms with Crippen LogP contribution in [-0.4, -0.2) is 35.8 Å². The molecule has 1 atom stereocenters. The maximum atomic E-state index is 6.55. The van der Waals surface area contributed by atoms with Crippen LogP contribution in [0.2, 0.25) is 18.1 Å². The number of ether oxygens (including phenoxy) is 3. The third kappa shape index (κ3) is 4.41. The first-order valence-corrected chi connectivity index (χ1v) is 12.3. The zero-order valence-electron chi connectivity index (χ0n) is 18.2. The fraction of sp³-hybridized carbons (Fsp3) is 0.545. The lowest BCUT2D eigenvalue weighted by Crippen LogP contribution is -2.43. The largest absolute Gasteiger partial charge is 0.496 e. The lowest BCUT2D eigenvalue weighted by molar-refractivity contribution is 0.198. The smallest absolute Gasteiger partial charge is 0.192 e. The summed E-state index contributed by atoms with van der Waals surface area (Å²) in [7, 11) is 3.24. The molecule has 5 heteroatoms. The zero-order chi connectivity index (χ0) is 20.4. The van der Waals surface area contributed by atoms with Crippen LogP contribution in [0.25, 0.3) is 10.8 Å². The number of benzene rings is 2. The molecule has 0 radical (unpaired) electrons. The Morgan fingerprint density at radius 2 is 1.59 bits per heavy atom. The van der Waals surface area contributed by atoms with Crippen LogP contribution in [0.5, 0.6) is 17.2 Å². The van der Waals surface area contributed by atoms with Crippen LogP contribution in [0.4, 0.5) is 0 Å². The molecule has 2 aromatic carbocycles. The van der Waals surface area contributed by atoms with Crippen molar-refractivity contribution in [3.63, 3.8) is 0 Å². The molecule has 0 N–H and O–H groups in total. The van der Waals surface area contributed by atoms with Gasteiger partial charge in [0.2, 0.25) is 0 Å². The van der Waals surface area contributed by atoms with Crippen molar-refractivity contribution in [2.75, 3.05) is 21.3 Å². The van der Waals surface area contributed by atoms with Crippen LogP contribution in [-0.2, 0) is 10.8 Å². The highest BCUT2D eigenvalue weighted by atomic mass is 28.4. The van der Waals surface area contributed by atoms with Crippen LogP contribution >= 0.6 is 0 Å². The molecule has 27 heavy (non-hydrogen) atoms. The summed E-state index contributed by atoms with van der Waals surface area (Å²) in [4.78, 5) is 0. The second-order valence-electron chi connectivity index (χ2n) is 8.55. The molecule has 0 unspecified atom stereocenters. The third-order valence-electron chi connectivity index (χ3n) is 5.57. The van der Waals surface area contributed by atoms with Crippen molar-refractivity contribution in [3.8, 4) is 17.2 Å². The van der Waals surface area contributed by atoms with Gasteiger partial charge in [-0.2, -0.15) is 0 Å². The molecular formula is C22H34O4Si. The minimum absolute atomic E-state index is 0.0903. The van der Waals surface area contributed by atoms with Gasteiger partial charge in [-0.05, 0) is 37.2 Å². The molecular weight excluding hydrogens is 356 g/mol. The monoisotopic (exact) mass is 390 g/mol. The van der Waals surface area contributed by atoms with Gasteiger partial charge < -0.3 is 18.6 Å². The zero-order valence-corrected chi connectivity index (χ0v) is 19.2. The predicted molar refractivity (Wildman–Crippen MR) is 115 cm³/mol. The lowest BCUT2D eigenvalue weighted by atomic mass is 9.99. The first kappa shape index (κ1) is 21.6. The molecule has 150 valence electrons. The van der Waals surface area contributed by atoms with Gasteiger partial charge in [-0.25, -0.2) is 0 Å². The summed E-state index contributed by atoms with van der Waals surface area (Å²) in [5, 5.41) is 2.10. The van der Waals surface area contributed by atoms with E-state index in [-0.39, 0.29) is 11.1 Å². The summed E-state index contributed by atoms with van der Waals surface area (Å²) in [6, 6.07) is 8.01. The van der Waals surface area contributed by atoms with Crippen LogP contribution < -0.4 is 14.2 Å². The average Bonchev–Trinajstić information content (AvgIpc) is 2.58. The number of hydrogen-bond acceptors (Lipinski definition) is 4. The SMILES string of the molecule is COc1c(C[C@H](C)O[Si](C)(C)C(C)(C)C)cc(OC)c2c(OC)cccc12. The van der Waals surface area contributed by atoms with Crippen LogP contribution in [0, 0.1) is 0 Å². The second kappa shape index (κ2) is 8.11.